The monoisotopic (exact) mass is 396 g/mol. The first-order chi connectivity index (χ1) is 14.6. The number of ketones is 1. The maximum Gasteiger partial charge on any atom is 0.227 e. The number of aromatic nitrogens is 1. The minimum absolute atomic E-state index is 0.0483. The molecule has 1 amide bonds. The van der Waals surface area contributed by atoms with Crippen molar-refractivity contribution in [3.05, 3.63) is 95.8 Å². The van der Waals surface area contributed by atoms with E-state index < -0.39 is 11.0 Å². The highest BCUT2D eigenvalue weighted by Gasteiger charge is 2.75. The molecule has 0 N–H and O–H groups in total. The first-order valence-electron chi connectivity index (χ1n) is 10.5. The standard InChI is InChI=1S/C26H24N2O2/c1-3-23(29)28-22-15-8-7-13-19(22)26(24(30)18-11-5-4-6-12-18)20(17-25(26,28)2)21-14-9-10-16-27-21/h4-16,20H,3,17H2,1-2H3/t20-,25+,26-/m1/s1. The first-order valence-corrected chi connectivity index (χ1v) is 10.5. The molecule has 30 heavy (non-hydrogen) atoms. The minimum Gasteiger partial charge on any atom is -0.305 e. The van der Waals surface area contributed by atoms with Crippen LogP contribution in [0.4, 0.5) is 5.69 Å². The second-order valence-electron chi connectivity index (χ2n) is 8.39. The Morgan fingerprint density at radius 3 is 2.40 bits per heavy atom. The van der Waals surface area contributed by atoms with Crippen molar-refractivity contribution in [1.82, 2.24) is 4.98 Å². The van der Waals surface area contributed by atoms with Gasteiger partial charge >= 0.3 is 0 Å². The fourth-order valence-electron chi connectivity index (χ4n) is 5.79. The molecule has 2 heterocycles. The van der Waals surface area contributed by atoms with E-state index in [0.29, 0.717) is 18.4 Å². The topological polar surface area (TPSA) is 50.3 Å². The van der Waals surface area contributed by atoms with E-state index in [1.807, 2.05) is 84.6 Å². The van der Waals surface area contributed by atoms with E-state index in [9.17, 15) is 9.59 Å². The number of hydrogen-bond donors (Lipinski definition) is 0. The highest BCUT2D eigenvalue weighted by atomic mass is 16.2. The lowest BCUT2D eigenvalue weighted by Crippen LogP contribution is -2.72. The van der Waals surface area contributed by atoms with Gasteiger partial charge in [-0.25, -0.2) is 0 Å². The predicted octanol–water partition coefficient (Wildman–Crippen LogP) is 4.91. The maximum absolute atomic E-state index is 14.3. The highest BCUT2D eigenvalue weighted by molar-refractivity contribution is 6.13. The number of carbonyl (C=O) groups is 2. The van der Waals surface area contributed by atoms with Crippen molar-refractivity contribution in [2.75, 3.05) is 4.90 Å². The van der Waals surface area contributed by atoms with Gasteiger partial charge in [-0.1, -0.05) is 61.5 Å². The van der Waals surface area contributed by atoms with E-state index in [1.165, 1.54) is 0 Å². The van der Waals surface area contributed by atoms with Gasteiger partial charge in [0, 0.05) is 35.5 Å². The van der Waals surface area contributed by atoms with Crippen LogP contribution >= 0.6 is 0 Å². The highest BCUT2D eigenvalue weighted by Crippen LogP contribution is 2.70. The number of hydrogen-bond acceptors (Lipinski definition) is 3. The van der Waals surface area contributed by atoms with Gasteiger partial charge in [-0.15, -0.1) is 0 Å². The van der Waals surface area contributed by atoms with Gasteiger partial charge in [-0.05, 0) is 37.1 Å². The van der Waals surface area contributed by atoms with Crippen LogP contribution in [0.2, 0.25) is 0 Å². The molecule has 0 bridgehead atoms. The quantitative estimate of drug-likeness (QED) is 0.589. The van der Waals surface area contributed by atoms with Gasteiger partial charge < -0.3 is 4.90 Å². The second kappa shape index (κ2) is 6.63. The molecular formula is C26H24N2O2. The summed E-state index contributed by atoms with van der Waals surface area (Å²) in [6.07, 6.45) is 2.87. The number of anilines is 1. The molecule has 0 radical (unpaired) electrons. The molecule has 1 aromatic heterocycles. The zero-order chi connectivity index (χ0) is 20.9. The molecule has 0 unspecified atom stereocenters. The second-order valence-corrected chi connectivity index (χ2v) is 8.39. The number of amides is 1. The molecule has 1 aliphatic carbocycles. The van der Waals surface area contributed by atoms with E-state index >= 15 is 0 Å². The third kappa shape index (κ3) is 2.19. The number of pyridine rings is 1. The van der Waals surface area contributed by atoms with Crippen LogP contribution in [0, 0.1) is 0 Å². The summed E-state index contributed by atoms with van der Waals surface area (Å²) in [5, 5.41) is 0. The Morgan fingerprint density at radius 2 is 1.70 bits per heavy atom. The van der Waals surface area contributed by atoms with Crippen LogP contribution in [0.15, 0.2) is 79.0 Å². The summed E-state index contributed by atoms with van der Waals surface area (Å²) in [6, 6.07) is 23.2. The van der Waals surface area contributed by atoms with E-state index in [1.54, 1.807) is 6.20 Å². The fraction of sp³-hybridized carbons (Fsp3) is 0.269. The number of fused-ring (bicyclic) bond motifs is 3. The Bertz CT molecular complexity index is 1130. The average Bonchev–Trinajstić information content (AvgIpc) is 2.96. The molecule has 4 heteroatoms. The van der Waals surface area contributed by atoms with Gasteiger partial charge in [0.25, 0.3) is 0 Å². The molecule has 0 spiro atoms. The molecule has 1 fully saturated rings. The van der Waals surface area contributed by atoms with E-state index in [2.05, 4.69) is 11.9 Å². The molecule has 5 rings (SSSR count). The molecule has 1 aliphatic heterocycles. The van der Waals surface area contributed by atoms with Crippen LogP contribution in [0.25, 0.3) is 0 Å². The lowest BCUT2D eigenvalue weighted by Gasteiger charge is -2.60. The van der Waals surface area contributed by atoms with Crippen LogP contribution in [-0.4, -0.2) is 22.2 Å². The zero-order valence-electron chi connectivity index (χ0n) is 17.2. The summed E-state index contributed by atoms with van der Waals surface area (Å²) in [5.74, 6) is 0.0192. The normalized spacial score (nSPS) is 26.5. The number of carbonyl (C=O) groups excluding carboxylic acids is 2. The number of Topliss-reactive ketones (excluding diaryl/α,β-unsaturated/α-hetero) is 1. The van der Waals surface area contributed by atoms with Gasteiger partial charge in [-0.3, -0.25) is 14.6 Å². The van der Waals surface area contributed by atoms with Gasteiger partial charge in [0.15, 0.2) is 5.78 Å². The molecule has 2 aliphatic rings. The number of nitrogens with zero attached hydrogens (tertiary/aromatic N) is 2. The van der Waals surface area contributed by atoms with Crippen molar-refractivity contribution < 1.29 is 9.59 Å². The van der Waals surface area contributed by atoms with Crippen LogP contribution in [0.5, 0.6) is 0 Å². The van der Waals surface area contributed by atoms with E-state index in [-0.39, 0.29) is 17.6 Å². The maximum atomic E-state index is 14.3. The smallest absolute Gasteiger partial charge is 0.227 e. The van der Waals surface area contributed by atoms with E-state index in [4.69, 9.17) is 0 Å². The lowest BCUT2D eigenvalue weighted by atomic mass is 9.44. The Kier molecular flexibility index (Phi) is 4.14. The van der Waals surface area contributed by atoms with Crippen molar-refractivity contribution >= 4 is 17.4 Å². The predicted molar refractivity (Wildman–Crippen MR) is 117 cm³/mol. The van der Waals surface area contributed by atoms with Crippen LogP contribution in [0.1, 0.15) is 54.2 Å². The molecule has 2 aromatic carbocycles. The Balaban J connectivity index is 1.80. The molecule has 3 aromatic rings. The number of para-hydroxylation sites is 1. The summed E-state index contributed by atoms with van der Waals surface area (Å²) in [4.78, 5) is 33.9. The van der Waals surface area contributed by atoms with Crippen molar-refractivity contribution in [3.63, 3.8) is 0 Å². The largest absolute Gasteiger partial charge is 0.305 e. The Labute approximate surface area is 176 Å². The minimum atomic E-state index is -0.857. The third-order valence-electron chi connectivity index (χ3n) is 7.03. The summed E-state index contributed by atoms with van der Waals surface area (Å²) in [5.41, 5.74) is 1.88. The van der Waals surface area contributed by atoms with E-state index in [0.717, 1.165) is 16.9 Å². The molecule has 1 saturated carbocycles. The first kappa shape index (κ1) is 18.7. The molecule has 4 nitrogen and oxygen atoms in total. The Morgan fingerprint density at radius 1 is 1.00 bits per heavy atom. The SMILES string of the molecule is CCC(=O)N1c2ccccc2[C@]2(C(=O)c3ccccc3)[C@@H](c3ccccn3)C[C@]12C. The summed E-state index contributed by atoms with van der Waals surface area (Å²) in [7, 11) is 0. The van der Waals surface area contributed by atoms with Crippen LogP contribution < -0.4 is 4.90 Å². The zero-order valence-corrected chi connectivity index (χ0v) is 17.2. The summed E-state index contributed by atoms with van der Waals surface area (Å²) in [6.45, 7) is 3.95. The Hall–Kier alpha value is -3.27. The number of benzene rings is 2. The van der Waals surface area contributed by atoms with Gasteiger partial charge in [0.05, 0.1) is 11.0 Å². The van der Waals surface area contributed by atoms with Crippen molar-refractivity contribution in [2.24, 2.45) is 0 Å². The molecule has 0 saturated heterocycles. The molecule has 150 valence electrons. The van der Waals surface area contributed by atoms with Crippen molar-refractivity contribution in [2.45, 2.75) is 43.6 Å². The van der Waals surface area contributed by atoms with Gasteiger partial charge in [0.2, 0.25) is 5.91 Å². The lowest BCUT2D eigenvalue weighted by molar-refractivity contribution is -0.120. The molecule has 3 atom stereocenters. The van der Waals surface area contributed by atoms with Crippen molar-refractivity contribution in [3.8, 4) is 0 Å². The van der Waals surface area contributed by atoms with Gasteiger partial charge in [-0.2, -0.15) is 0 Å². The third-order valence-corrected chi connectivity index (χ3v) is 7.03. The van der Waals surface area contributed by atoms with Crippen molar-refractivity contribution in [1.29, 1.82) is 0 Å². The van der Waals surface area contributed by atoms with Gasteiger partial charge in [0.1, 0.15) is 0 Å². The molecular weight excluding hydrogens is 372 g/mol. The summed E-state index contributed by atoms with van der Waals surface area (Å²) >= 11 is 0. The van der Waals surface area contributed by atoms with Crippen LogP contribution in [0.3, 0.4) is 0 Å². The summed E-state index contributed by atoms with van der Waals surface area (Å²) < 4.78 is 0. The van der Waals surface area contributed by atoms with Crippen LogP contribution in [-0.2, 0) is 10.2 Å². The fourth-order valence-corrected chi connectivity index (χ4v) is 5.79. The number of rotatable bonds is 4. The average molecular weight is 396 g/mol.